The molecule has 33 heavy (non-hydrogen) atoms. The number of ether oxygens (including phenoxy) is 1. The highest BCUT2D eigenvalue weighted by Crippen LogP contribution is 2.26. The van der Waals surface area contributed by atoms with Gasteiger partial charge in [-0.2, -0.15) is 10.2 Å². The van der Waals surface area contributed by atoms with Crippen LogP contribution in [0.3, 0.4) is 0 Å². The smallest absolute Gasteiger partial charge is 0.341 e. The molecule has 8 nitrogen and oxygen atoms in total. The summed E-state index contributed by atoms with van der Waals surface area (Å²) in [5.41, 5.74) is 6.10. The van der Waals surface area contributed by atoms with E-state index in [1.807, 2.05) is 13.0 Å². The van der Waals surface area contributed by atoms with Gasteiger partial charge in [0.25, 0.3) is 0 Å². The van der Waals surface area contributed by atoms with Gasteiger partial charge in [0, 0.05) is 29.3 Å². The third-order valence-corrected chi connectivity index (χ3v) is 5.48. The molecule has 3 aromatic heterocycles. The van der Waals surface area contributed by atoms with E-state index in [0.717, 1.165) is 34.6 Å². The number of nitrogens with zero attached hydrogens (tertiary/aromatic N) is 5. The topological polar surface area (TPSA) is 98.6 Å². The Kier molecular flexibility index (Phi) is 6.30. The number of aryl methyl sites for hydroxylation is 1. The Labute approximate surface area is 190 Å². The summed E-state index contributed by atoms with van der Waals surface area (Å²) >= 11 is 0. The number of H-pyrrole nitrogens is 1. The minimum absolute atomic E-state index is 0.281. The maximum atomic E-state index is 13.3. The second kappa shape index (κ2) is 9.32. The highest BCUT2D eigenvalue weighted by Gasteiger charge is 2.21. The SMILES string of the molecule is CCOC(=O)c1c(C)nn(-c2cc(Cc3[nH]nc(-c4ccc(F)cc4)c3CC)ncn2)c1C. The first kappa shape index (κ1) is 22.3. The molecule has 1 N–H and O–H groups in total. The molecule has 0 aliphatic carbocycles. The maximum Gasteiger partial charge on any atom is 0.341 e. The number of benzene rings is 1. The van der Waals surface area contributed by atoms with Gasteiger partial charge in [-0.3, -0.25) is 5.10 Å². The zero-order valence-electron chi connectivity index (χ0n) is 19.0. The van der Waals surface area contributed by atoms with Crippen LogP contribution in [-0.2, 0) is 17.6 Å². The molecule has 4 aromatic rings. The molecule has 0 bridgehead atoms. The fourth-order valence-corrected chi connectivity index (χ4v) is 3.92. The molecule has 0 aliphatic rings. The molecule has 0 aliphatic heterocycles. The third-order valence-electron chi connectivity index (χ3n) is 5.48. The fourth-order valence-electron chi connectivity index (χ4n) is 3.92. The lowest BCUT2D eigenvalue weighted by molar-refractivity contribution is 0.0524. The van der Waals surface area contributed by atoms with Crippen molar-refractivity contribution in [2.75, 3.05) is 6.61 Å². The lowest BCUT2D eigenvalue weighted by Gasteiger charge is -2.07. The summed E-state index contributed by atoms with van der Waals surface area (Å²) in [5, 5.41) is 12.1. The summed E-state index contributed by atoms with van der Waals surface area (Å²) in [7, 11) is 0. The van der Waals surface area contributed by atoms with Gasteiger partial charge < -0.3 is 4.74 Å². The zero-order chi connectivity index (χ0) is 23.5. The van der Waals surface area contributed by atoms with Gasteiger partial charge in [-0.05, 0) is 51.5 Å². The first-order chi connectivity index (χ1) is 15.9. The molecule has 170 valence electrons. The molecule has 0 atom stereocenters. The van der Waals surface area contributed by atoms with Crippen molar-refractivity contribution in [3.05, 3.63) is 76.4 Å². The van der Waals surface area contributed by atoms with E-state index >= 15 is 0 Å². The highest BCUT2D eigenvalue weighted by atomic mass is 19.1. The molecule has 0 fully saturated rings. The molecular formula is C24H25FN6O2. The number of hydrogen-bond acceptors (Lipinski definition) is 6. The van der Waals surface area contributed by atoms with E-state index < -0.39 is 5.97 Å². The summed E-state index contributed by atoms with van der Waals surface area (Å²) in [4.78, 5) is 21.1. The van der Waals surface area contributed by atoms with Crippen LogP contribution in [0, 0.1) is 19.7 Å². The van der Waals surface area contributed by atoms with Gasteiger partial charge in [0.1, 0.15) is 17.7 Å². The largest absolute Gasteiger partial charge is 0.462 e. The molecule has 0 amide bonds. The molecular weight excluding hydrogens is 423 g/mol. The number of esters is 1. The minimum atomic E-state index is -0.397. The van der Waals surface area contributed by atoms with Crippen LogP contribution in [0.15, 0.2) is 36.7 Å². The van der Waals surface area contributed by atoms with Crippen molar-refractivity contribution >= 4 is 5.97 Å². The van der Waals surface area contributed by atoms with Crippen molar-refractivity contribution in [2.24, 2.45) is 0 Å². The van der Waals surface area contributed by atoms with Crippen molar-refractivity contribution in [1.29, 1.82) is 0 Å². The first-order valence-electron chi connectivity index (χ1n) is 10.8. The average molecular weight is 449 g/mol. The van der Waals surface area contributed by atoms with Gasteiger partial charge in [0.15, 0.2) is 5.82 Å². The summed E-state index contributed by atoms with van der Waals surface area (Å²) < 4.78 is 20.1. The normalized spacial score (nSPS) is 11.1. The second-order valence-electron chi connectivity index (χ2n) is 7.61. The van der Waals surface area contributed by atoms with E-state index in [0.29, 0.717) is 35.8 Å². The van der Waals surface area contributed by atoms with Crippen LogP contribution in [0.2, 0.25) is 0 Å². The molecule has 4 rings (SSSR count). The predicted molar refractivity (Wildman–Crippen MR) is 121 cm³/mol. The summed E-state index contributed by atoms with van der Waals surface area (Å²) in [6.45, 7) is 7.70. The van der Waals surface area contributed by atoms with Crippen LogP contribution in [0.4, 0.5) is 4.39 Å². The summed E-state index contributed by atoms with van der Waals surface area (Å²) in [6.07, 6.45) is 2.75. The van der Waals surface area contributed by atoms with Gasteiger partial charge in [0.2, 0.25) is 0 Å². The molecule has 0 saturated heterocycles. The summed E-state index contributed by atoms with van der Waals surface area (Å²) in [6, 6.07) is 8.15. The number of rotatable bonds is 7. The van der Waals surface area contributed by atoms with E-state index in [1.165, 1.54) is 18.5 Å². The molecule has 3 heterocycles. The van der Waals surface area contributed by atoms with Gasteiger partial charge in [-0.15, -0.1) is 0 Å². The maximum absolute atomic E-state index is 13.3. The number of carbonyl (C=O) groups excluding carboxylic acids is 1. The van der Waals surface area contributed by atoms with Gasteiger partial charge in [0.05, 0.1) is 29.4 Å². The van der Waals surface area contributed by atoms with E-state index in [4.69, 9.17) is 4.74 Å². The van der Waals surface area contributed by atoms with Crippen LogP contribution < -0.4 is 0 Å². The van der Waals surface area contributed by atoms with Gasteiger partial charge in [-0.1, -0.05) is 6.92 Å². The second-order valence-corrected chi connectivity index (χ2v) is 7.61. The Morgan fingerprint density at radius 3 is 2.61 bits per heavy atom. The Balaban J connectivity index is 1.65. The van der Waals surface area contributed by atoms with Crippen LogP contribution in [0.5, 0.6) is 0 Å². The van der Waals surface area contributed by atoms with Crippen LogP contribution in [-0.4, -0.2) is 42.5 Å². The minimum Gasteiger partial charge on any atom is -0.462 e. The van der Waals surface area contributed by atoms with E-state index in [9.17, 15) is 9.18 Å². The first-order valence-corrected chi connectivity index (χ1v) is 10.8. The number of hydrogen-bond donors (Lipinski definition) is 1. The number of halogens is 1. The zero-order valence-corrected chi connectivity index (χ0v) is 19.0. The molecule has 0 radical (unpaired) electrons. The van der Waals surface area contributed by atoms with Crippen molar-refractivity contribution in [3.63, 3.8) is 0 Å². The van der Waals surface area contributed by atoms with Crippen molar-refractivity contribution in [2.45, 2.75) is 40.5 Å². The van der Waals surface area contributed by atoms with E-state index in [-0.39, 0.29) is 5.82 Å². The Hall–Kier alpha value is -3.88. The predicted octanol–water partition coefficient (Wildman–Crippen LogP) is 4.14. The lowest BCUT2D eigenvalue weighted by Crippen LogP contribution is -2.09. The number of nitrogens with one attached hydrogen (secondary N) is 1. The molecule has 9 heteroatoms. The summed E-state index contributed by atoms with van der Waals surface area (Å²) in [5.74, 6) is -0.116. The number of carbonyl (C=O) groups is 1. The Bertz CT molecular complexity index is 1290. The van der Waals surface area contributed by atoms with E-state index in [1.54, 1.807) is 30.7 Å². The number of aromatic nitrogens is 6. The fraction of sp³-hybridized carbons (Fsp3) is 0.292. The van der Waals surface area contributed by atoms with Gasteiger partial charge >= 0.3 is 5.97 Å². The van der Waals surface area contributed by atoms with Crippen LogP contribution >= 0.6 is 0 Å². The average Bonchev–Trinajstić information content (AvgIpc) is 3.34. The third kappa shape index (κ3) is 4.39. The Morgan fingerprint density at radius 1 is 1.15 bits per heavy atom. The van der Waals surface area contributed by atoms with E-state index in [2.05, 4.69) is 32.2 Å². The highest BCUT2D eigenvalue weighted by molar-refractivity contribution is 5.92. The molecule has 0 spiro atoms. The van der Waals surface area contributed by atoms with Crippen molar-refractivity contribution in [3.8, 4) is 17.1 Å². The molecule has 0 saturated carbocycles. The number of aromatic amines is 1. The molecule has 0 unspecified atom stereocenters. The Morgan fingerprint density at radius 2 is 1.91 bits per heavy atom. The monoisotopic (exact) mass is 448 g/mol. The lowest BCUT2D eigenvalue weighted by atomic mass is 10.0. The van der Waals surface area contributed by atoms with Crippen LogP contribution in [0.1, 0.15) is 52.5 Å². The van der Waals surface area contributed by atoms with Crippen molar-refractivity contribution in [1.82, 2.24) is 29.9 Å². The van der Waals surface area contributed by atoms with Crippen LogP contribution in [0.25, 0.3) is 17.1 Å². The quantitative estimate of drug-likeness (QED) is 0.427. The molecule has 1 aromatic carbocycles. The van der Waals surface area contributed by atoms with Crippen molar-refractivity contribution < 1.29 is 13.9 Å². The standard InChI is InChI=1S/C24H25FN6O2/c1-5-19-20(28-29-23(19)16-7-9-17(25)10-8-16)11-18-12-21(27-13-26-18)31-15(4)22(14(3)30-31)24(32)33-6-2/h7-10,12-13H,5-6,11H2,1-4H3,(H,28,29). The van der Waals surface area contributed by atoms with Gasteiger partial charge in [-0.25, -0.2) is 23.8 Å².